The number of Topliss-reactive ketones (excluding diaryl/α,β-unsaturated/α-hetero) is 1. The molecule has 0 amide bonds. The Balaban J connectivity index is 3.45. The van der Waals surface area contributed by atoms with Crippen LogP contribution in [-0.4, -0.2) is 10.9 Å². The zero-order chi connectivity index (χ0) is 10.9. The summed E-state index contributed by atoms with van der Waals surface area (Å²) in [4.78, 5) is 11.0. The fourth-order valence-corrected chi connectivity index (χ4v) is 1.17. The lowest BCUT2D eigenvalue weighted by Gasteiger charge is -2.09. The molecule has 0 aliphatic rings. The maximum absolute atomic E-state index is 12.4. The van der Waals surface area contributed by atoms with Gasteiger partial charge in [0.2, 0.25) is 0 Å². The number of phenolic OH excluding ortho intramolecular Hbond substituents is 1. The van der Waals surface area contributed by atoms with E-state index in [1.807, 2.05) is 0 Å². The van der Waals surface area contributed by atoms with Crippen molar-refractivity contribution in [2.45, 2.75) is 13.3 Å². The van der Waals surface area contributed by atoms with Gasteiger partial charge in [0, 0.05) is 5.56 Å². The molecule has 5 heteroatoms. The van der Waals surface area contributed by atoms with Gasteiger partial charge in [-0.3, -0.25) is 4.79 Å². The molecule has 3 N–H and O–H groups in total. The van der Waals surface area contributed by atoms with Crippen molar-refractivity contribution < 1.29 is 18.7 Å². The SMILES string of the molecule is CC(=O)c1c(C(F)F)ccc(N)c1O. The molecule has 0 heterocycles. The fraction of sp³-hybridized carbons (Fsp3) is 0.222. The minimum Gasteiger partial charge on any atom is -0.505 e. The minimum atomic E-state index is -2.81. The first-order chi connectivity index (χ1) is 6.45. The Hall–Kier alpha value is -1.65. The molecule has 0 aliphatic carbocycles. The van der Waals surface area contributed by atoms with Crippen LogP contribution in [0.5, 0.6) is 5.75 Å². The van der Waals surface area contributed by atoms with Crippen LogP contribution >= 0.6 is 0 Å². The molecule has 0 unspecified atom stereocenters. The Morgan fingerprint density at radius 2 is 2.07 bits per heavy atom. The van der Waals surface area contributed by atoms with E-state index in [2.05, 4.69) is 0 Å². The normalized spacial score (nSPS) is 10.6. The van der Waals surface area contributed by atoms with Crippen molar-refractivity contribution in [2.75, 3.05) is 5.73 Å². The molecule has 0 saturated heterocycles. The van der Waals surface area contributed by atoms with Crippen molar-refractivity contribution in [3.63, 3.8) is 0 Å². The number of aromatic hydroxyl groups is 1. The lowest BCUT2D eigenvalue weighted by molar-refractivity contribution is 0.0995. The number of ketones is 1. The molecule has 3 nitrogen and oxygen atoms in total. The number of anilines is 1. The second-order valence-electron chi connectivity index (χ2n) is 2.82. The third-order valence-electron chi connectivity index (χ3n) is 1.83. The van der Waals surface area contributed by atoms with Crippen LogP contribution in [0, 0.1) is 0 Å². The number of carbonyl (C=O) groups is 1. The van der Waals surface area contributed by atoms with Crippen LogP contribution in [0.4, 0.5) is 14.5 Å². The van der Waals surface area contributed by atoms with Crippen LogP contribution in [0.3, 0.4) is 0 Å². The highest BCUT2D eigenvalue weighted by Gasteiger charge is 2.20. The molecule has 0 aliphatic heterocycles. The number of alkyl halides is 2. The van der Waals surface area contributed by atoms with E-state index in [4.69, 9.17) is 5.73 Å². The first kappa shape index (κ1) is 10.4. The maximum atomic E-state index is 12.4. The Labute approximate surface area is 79.2 Å². The predicted octanol–water partition coefficient (Wildman–Crippen LogP) is 2.11. The molecular weight excluding hydrogens is 192 g/mol. The molecule has 0 aromatic heterocycles. The first-order valence-electron chi connectivity index (χ1n) is 3.85. The molecule has 0 saturated carbocycles. The molecule has 1 aromatic rings. The Morgan fingerprint density at radius 1 is 1.50 bits per heavy atom. The molecule has 0 bridgehead atoms. The number of hydrogen-bond acceptors (Lipinski definition) is 3. The lowest BCUT2D eigenvalue weighted by atomic mass is 10.0. The Bertz CT molecular complexity index is 377. The third kappa shape index (κ3) is 1.66. The summed E-state index contributed by atoms with van der Waals surface area (Å²) in [6, 6.07) is 2.18. The number of carbonyl (C=O) groups excluding carboxylic acids is 1. The average Bonchev–Trinajstić information content (AvgIpc) is 2.08. The average molecular weight is 201 g/mol. The van der Waals surface area contributed by atoms with Crippen molar-refractivity contribution in [3.8, 4) is 5.75 Å². The smallest absolute Gasteiger partial charge is 0.264 e. The second-order valence-corrected chi connectivity index (χ2v) is 2.82. The van der Waals surface area contributed by atoms with Crippen LogP contribution in [0.25, 0.3) is 0 Å². The molecule has 0 radical (unpaired) electrons. The number of halogens is 2. The summed E-state index contributed by atoms with van der Waals surface area (Å²) in [5.74, 6) is -1.21. The van der Waals surface area contributed by atoms with Gasteiger partial charge in [-0.05, 0) is 13.0 Å². The van der Waals surface area contributed by atoms with Gasteiger partial charge in [0.25, 0.3) is 6.43 Å². The molecule has 76 valence electrons. The standard InChI is InChI=1S/C9H9F2NO2/c1-4(13)7-5(9(10)11)2-3-6(12)8(7)14/h2-3,9,14H,12H2,1H3. The van der Waals surface area contributed by atoms with Crippen molar-refractivity contribution in [1.29, 1.82) is 0 Å². The van der Waals surface area contributed by atoms with E-state index < -0.39 is 29.1 Å². The van der Waals surface area contributed by atoms with Crippen molar-refractivity contribution in [3.05, 3.63) is 23.3 Å². The lowest BCUT2D eigenvalue weighted by Crippen LogP contribution is -2.02. The van der Waals surface area contributed by atoms with Crippen LogP contribution < -0.4 is 5.73 Å². The topological polar surface area (TPSA) is 63.3 Å². The highest BCUT2D eigenvalue weighted by Crippen LogP contribution is 2.33. The minimum absolute atomic E-state index is 0.0837. The monoisotopic (exact) mass is 201 g/mol. The second kappa shape index (κ2) is 3.61. The van der Waals surface area contributed by atoms with E-state index in [0.29, 0.717) is 0 Å². The summed E-state index contributed by atoms with van der Waals surface area (Å²) >= 11 is 0. The van der Waals surface area contributed by atoms with Gasteiger partial charge in [0.1, 0.15) is 5.75 Å². The van der Waals surface area contributed by atoms with Crippen molar-refractivity contribution in [1.82, 2.24) is 0 Å². The number of nitrogens with two attached hydrogens (primary N) is 1. The third-order valence-corrected chi connectivity index (χ3v) is 1.83. The number of nitrogen functional groups attached to an aromatic ring is 1. The van der Waals surface area contributed by atoms with E-state index in [0.717, 1.165) is 19.1 Å². The molecule has 0 atom stereocenters. The summed E-state index contributed by atoms with van der Waals surface area (Å²) in [5, 5.41) is 9.32. The summed E-state index contributed by atoms with van der Waals surface area (Å²) in [7, 11) is 0. The van der Waals surface area contributed by atoms with Crippen LogP contribution in [0.15, 0.2) is 12.1 Å². The van der Waals surface area contributed by atoms with E-state index >= 15 is 0 Å². The van der Waals surface area contributed by atoms with E-state index in [1.165, 1.54) is 0 Å². The highest BCUT2D eigenvalue weighted by molar-refractivity contribution is 6.00. The zero-order valence-corrected chi connectivity index (χ0v) is 7.42. The number of rotatable bonds is 2. The first-order valence-corrected chi connectivity index (χ1v) is 3.85. The van der Waals surface area contributed by atoms with Gasteiger partial charge in [-0.1, -0.05) is 6.07 Å². The Morgan fingerprint density at radius 3 is 2.50 bits per heavy atom. The molecule has 0 fully saturated rings. The molecular formula is C9H9F2NO2. The zero-order valence-electron chi connectivity index (χ0n) is 7.42. The van der Waals surface area contributed by atoms with Gasteiger partial charge in [-0.25, -0.2) is 8.78 Å². The van der Waals surface area contributed by atoms with Gasteiger partial charge in [-0.15, -0.1) is 0 Å². The van der Waals surface area contributed by atoms with Crippen LogP contribution in [0.2, 0.25) is 0 Å². The predicted molar refractivity (Wildman–Crippen MR) is 47.5 cm³/mol. The Kier molecular flexibility index (Phi) is 2.69. The van der Waals surface area contributed by atoms with E-state index in [9.17, 15) is 18.7 Å². The summed E-state index contributed by atoms with van der Waals surface area (Å²) in [5.41, 5.74) is 4.30. The van der Waals surface area contributed by atoms with Crippen LogP contribution in [-0.2, 0) is 0 Å². The molecule has 0 spiro atoms. The fourth-order valence-electron chi connectivity index (χ4n) is 1.17. The van der Waals surface area contributed by atoms with Gasteiger partial charge >= 0.3 is 0 Å². The number of benzene rings is 1. The summed E-state index contributed by atoms with van der Waals surface area (Å²) < 4.78 is 24.8. The number of phenols is 1. The van der Waals surface area contributed by atoms with Crippen molar-refractivity contribution >= 4 is 11.5 Å². The largest absolute Gasteiger partial charge is 0.505 e. The maximum Gasteiger partial charge on any atom is 0.264 e. The van der Waals surface area contributed by atoms with Crippen LogP contribution in [0.1, 0.15) is 29.3 Å². The van der Waals surface area contributed by atoms with Gasteiger partial charge < -0.3 is 10.8 Å². The van der Waals surface area contributed by atoms with Crippen molar-refractivity contribution in [2.24, 2.45) is 0 Å². The summed E-state index contributed by atoms with van der Waals surface area (Å²) in [6.45, 7) is 1.10. The van der Waals surface area contributed by atoms with E-state index in [-0.39, 0.29) is 5.69 Å². The van der Waals surface area contributed by atoms with E-state index in [1.54, 1.807) is 0 Å². The quantitative estimate of drug-likeness (QED) is 0.437. The van der Waals surface area contributed by atoms with Gasteiger partial charge in [-0.2, -0.15) is 0 Å². The number of hydrogen-bond donors (Lipinski definition) is 2. The van der Waals surface area contributed by atoms with Gasteiger partial charge in [0.15, 0.2) is 5.78 Å². The molecule has 1 aromatic carbocycles. The molecule has 1 rings (SSSR count). The summed E-state index contributed by atoms with van der Waals surface area (Å²) in [6.07, 6.45) is -2.81. The highest BCUT2D eigenvalue weighted by atomic mass is 19.3. The van der Waals surface area contributed by atoms with Gasteiger partial charge in [0.05, 0.1) is 11.3 Å². The molecule has 14 heavy (non-hydrogen) atoms.